The molecule has 7 heterocycles. The number of fused-ring (bicyclic) bond motifs is 6. The maximum atomic E-state index is 14.1. The van der Waals surface area contributed by atoms with Crippen LogP contribution in [0.1, 0.15) is 108 Å². The molecule has 5 N–H and O–H groups in total. The number of hydrogen-bond donors (Lipinski definition) is 5. The second-order valence-electron chi connectivity index (χ2n) is 22.3. The molecule has 0 unspecified atom stereocenters. The highest BCUT2D eigenvalue weighted by atomic mass is 32.2. The zero-order valence-electron chi connectivity index (χ0n) is 49.2. The minimum absolute atomic E-state index is 0.00817. The summed E-state index contributed by atoms with van der Waals surface area (Å²) in [6.45, 7) is 9.11. The average molecular weight is 1200 g/mol. The van der Waals surface area contributed by atoms with Gasteiger partial charge in [-0.05, 0) is 103 Å². The van der Waals surface area contributed by atoms with Crippen LogP contribution in [-0.4, -0.2) is 172 Å². The van der Waals surface area contributed by atoms with Crippen molar-refractivity contribution in [2.45, 2.75) is 141 Å². The molecule has 1 aromatic carbocycles. The van der Waals surface area contributed by atoms with Gasteiger partial charge in [0.15, 0.2) is 17.1 Å². The highest BCUT2D eigenvalue weighted by molar-refractivity contribution is 7.90. The lowest BCUT2D eigenvalue weighted by atomic mass is 9.86. The molecule has 3 aliphatic rings. The molecule has 85 heavy (non-hydrogen) atoms. The molecule has 28 heteroatoms. The van der Waals surface area contributed by atoms with Crippen molar-refractivity contribution in [3.05, 3.63) is 69.4 Å². The topological polar surface area (TPSA) is 340 Å². The number of hydrogen-bond acceptors (Lipinski definition) is 20. The van der Waals surface area contributed by atoms with Crippen molar-refractivity contribution in [2.24, 2.45) is 5.92 Å². The molecule has 0 saturated carbocycles. The second-order valence-corrected chi connectivity index (χ2v) is 24.2. The minimum atomic E-state index is -3.54. The Hall–Kier alpha value is -7.95. The average Bonchev–Trinajstić information content (AvgIpc) is 1.69. The number of sulfone groups is 1. The summed E-state index contributed by atoms with van der Waals surface area (Å²) >= 11 is 0. The summed E-state index contributed by atoms with van der Waals surface area (Å²) in [6, 6.07) is 3.00. The molecule has 5 aromatic rings. The standard InChI is InChI=1S/C57H75N13O14S/c1-9-57(78)40-22-44-51-38(27-70(44)54(76)39(40)29-82-55(57)77)36(37-21-45-46(84-32-83-45)23-42(37)62-51)17-20-69(34(4)5)49(73)30-81-31-61-48(72)26-58-52(74)41(15-12-14-18-67(6)7)63-53(75)50(33(2)3)64-47(71)16-11-10-13-19-68-28-43(65-66-68)35-24-59-56(60-25-35)85(8,79)80/h21-25,28,33-34,41,50,78H,9-20,26-27,29-32H2,1-8H3,(H,58,74)(H,61,72)(H,63,75)(H,64,71)/t41-,50-,57-/m0/s1. The van der Waals surface area contributed by atoms with E-state index in [0.29, 0.717) is 78.3 Å². The lowest BCUT2D eigenvalue weighted by Crippen LogP contribution is -2.56. The quantitative estimate of drug-likeness (QED) is 0.0194. The van der Waals surface area contributed by atoms with Gasteiger partial charge >= 0.3 is 5.97 Å². The Morgan fingerprint density at radius 2 is 1.62 bits per heavy atom. The number of esters is 1. The van der Waals surface area contributed by atoms with Crippen LogP contribution in [0.15, 0.2) is 46.7 Å². The van der Waals surface area contributed by atoms with E-state index in [2.05, 4.69) is 41.5 Å². The van der Waals surface area contributed by atoms with Gasteiger partial charge < -0.3 is 59.7 Å². The van der Waals surface area contributed by atoms with Gasteiger partial charge in [0.2, 0.25) is 51.3 Å². The van der Waals surface area contributed by atoms with Crippen molar-refractivity contribution in [3.8, 4) is 34.1 Å². The number of nitrogens with one attached hydrogen (secondary N) is 4. The third-order valence-corrected chi connectivity index (χ3v) is 16.1. The van der Waals surface area contributed by atoms with Crippen LogP contribution in [0, 0.1) is 5.92 Å². The fraction of sp³-hybridized carbons (Fsp3) is 0.544. The first-order chi connectivity index (χ1) is 40.5. The van der Waals surface area contributed by atoms with E-state index in [4.69, 9.17) is 23.9 Å². The number of carbonyl (C=O) groups is 6. The Balaban J connectivity index is 0.813. The van der Waals surface area contributed by atoms with E-state index < -0.39 is 69.9 Å². The van der Waals surface area contributed by atoms with Crippen LogP contribution in [0.3, 0.4) is 0 Å². The zero-order chi connectivity index (χ0) is 61.3. The second kappa shape index (κ2) is 27.4. The monoisotopic (exact) mass is 1200 g/mol. The lowest BCUT2D eigenvalue weighted by molar-refractivity contribution is -0.172. The molecule has 0 fully saturated rings. The van der Waals surface area contributed by atoms with E-state index in [1.165, 1.54) is 12.4 Å². The smallest absolute Gasteiger partial charge is 0.343 e. The number of ether oxygens (including phenoxy) is 4. The third-order valence-electron chi connectivity index (χ3n) is 15.2. The normalized spacial score (nSPS) is 15.7. The van der Waals surface area contributed by atoms with E-state index in [1.807, 2.05) is 38.9 Å². The van der Waals surface area contributed by atoms with Crippen molar-refractivity contribution >= 4 is 56.2 Å². The number of amides is 5. The summed E-state index contributed by atoms with van der Waals surface area (Å²) in [6.07, 6.45) is 9.37. The Bertz CT molecular complexity index is 3500. The number of unbranched alkanes of at least 4 members (excludes halogenated alkanes) is 3. The maximum Gasteiger partial charge on any atom is 0.343 e. The maximum absolute atomic E-state index is 14.1. The summed E-state index contributed by atoms with van der Waals surface area (Å²) in [4.78, 5) is 111. The van der Waals surface area contributed by atoms with Crippen molar-refractivity contribution in [2.75, 3.05) is 60.1 Å². The largest absolute Gasteiger partial charge is 0.458 e. The van der Waals surface area contributed by atoms with Crippen LogP contribution in [-0.2, 0) is 79.8 Å². The molecule has 0 radical (unpaired) electrons. The molecule has 0 saturated heterocycles. The fourth-order valence-corrected chi connectivity index (χ4v) is 10.9. The number of aliphatic hydroxyl groups is 1. The van der Waals surface area contributed by atoms with E-state index in [9.17, 15) is 47.1 Å². The highest BCUT2D eigenvalue weighted by Crippen LogP contribution is 2.43. The van der Waals surface area contributed by atoms with Gasteiger partial charge in [0.05, 0.1) is 41.8 Å². The summed E-state index contributed by atoms with van der Waals surface area (Å²) in [5.74, 6) is -2.57. The van der Waals surface area contributed by atoms with Crippen molar-refractivity contribution in [1.82, 2.24) is 65.6 Å². The number of aryl methyl sites for hydroxylation is 1. The minimum Gasteiger partial charge on any atom is -0.458 e. The van der Waals surface area contributed by atoms with E-state index in [1.54, 1.807) is 53.2 Å². The summed E-state index contributed by atoms with van der Waals surface area (Å²) < 4.78 is 48.9. The first-order valence-electron chi connectivity index (χ1n) is 28.5. The molecule has 27 nitrogen and oxygen atoms in total. The third kappa shape index (κ3) is 14.9. The SMILES string of the molecule is CC[C@@]1(O)C(=O)OCc2c1cc1n(c2=O)Cc2c-1nc1cc3c(cc1c2CCN(C(=O)COCNC(=O)CNC(=O)[C@H](CCCCN(C)C)NC(=O)[C@@H](NC(=O)CCCCCn1cc(-c2cnc(S(C)(=O)=O)nc2)nn1)C(C)C)C(C)C)OCO3. The molecular weight excluding hydrogens is 1120 g/mol. The van der Waals surface area contributed by atoms with Crippen LogP contribution >= 0.6 is 0 Å². The van der Waals surface area contributed by atoms with Crippen LogP contribution in [0.5, 0.6) is 11.5 Å². The number of carbonyl (C=O) groups excluding carboxylic acids is 6. The molecule has 458 valence electrons. The Morgan fingerprint density at radius 1 is 0.882 bits per heavy atom. The number of nitrogens with zero attached hydrogens (tertiary/aromatic N) is 9. The molecule has 0 aliphatic carbocycles. The molecule has 3 aliphatic heterocycles. The van der Waals surface area contributed by atoms with Crippen LogP contribution in [0.4, 0.5) is 0 Å². The Kier molecular flexibility index (Phi) is 20.3. The first-order valence-corrected chi connectivity index (χ1v) is 30.4. The van der Waals surface area contributed by atoms with Gasteiger partial charge in [0, 0.05) is 72.3 Å². The van der Waals surface area contributed by atoms with Gasteiger partial charge in [-0.3, -0.25) is 33.4 Å². The molecule has 0 bridgehead atoms. The Morgan fingerprint density at radius 3 is 2.32 bits per heavy atom. The van der Waals surface area contributed by atoms with Gasteiger partial charge in [-0.1, -0.05) is 32.4 Å². The predicted octanol–water partition coefficient (Wildman–Crippen LogP) is 1.86. The number of rotatable bonds is 29. The van der Waals surface area contributed by atoms with Crippen molar-refractivity contribution in [1.29, 1.82) is 0 Å². The van der Waals surface area contributed by atoms with Gasteiger partial charge in [-0.15, -0.1) is 5.10 Å². The molecule has 8 rings (SSSR count). The van der Waals surface area contributed by atoms with Gasteiger partial charge in [0.1, 0.15) is 37.7 Å². The van der Waals surface area contributed by atoms with Crippen LogP contribution in [0.25, 0.3) is 33.5 Å². The predicted molar refractivity (Wildman–Crippen MR) is 307 cm³/mol. The van der Waals surface area contributed by atoms with Crippen molar-refractivity contribution < 1.29 is 61.2 Å². The van der Waals surface area contributed by atoms with E-state index in [-0.39, 0.29) is 92.5 Å². The zero-order valence-corrected chi connectivity index (χ0v) is 50.0. The summed E-state index contributed by atoms with van der Waals surface area (Å²) in [5.41, 5.74) is 1.98. The molecular formula is C57H75N13O14S. The lowest BCUT2D eigenvalue weighted by Gasteiger charge is -2.31. The van der Waals surface area contributed by atoms with Crippen LogP contribution < -0.4 is 36.3 Å². The summed E-state index contributed by atoms with van der Waals surface area (Å²) in [5, 5.41) is 30.9. The van der Waals surface area contributed by atoms with E-state index >= 15 is 0 Å². The molecule has 5 amide bonds. The fourth-order valence-electron chi connectivity index (χ4n) is 10.4. The summed E-state index contributed by atoms with van der Waals surface area (Å²) in [7, 11) is 0.315. The first kappa shape index (κ1) is 63.1. The molecule has 0 spiro atoms. The van der Waals surface area contributed by atoms with Gasteiger partial charge in [0.25, 0.3) is 5.56 Å². The number of benzene rings is 1. The van der Waals surface area contributed by atoms with Gasteiger partial charge in [-0.25, -0.2) is 28.2 Å². The van der Waals surface area contributed by atoms with E-state index in [0.717, 1.165) is 35.7 Å². The number of pyridine rings is 2. The highest BCUT2D eigenvalue weighted by Gasteiger charge is 2.46. The van der Waals surface area contributed by atoms with Gasteiger partial charge in [-0.2, -0.15) is 0 Å². The molecule has 4 aromatic heterocycles. The molecule has 3 atom stereocenters. The number of cyclic esters (lactones) is 1. The van der Waals surface area contributed by atoms with Crippen LogP contribution in [0.2, 0.25) is 0 Å². The van der Waals surface area contributed by atoms with Crippen molar-refractivity contribution in [3.63, 3.8) is 0 Å². The number of aromatic nitrogens is 7. The Labute approximate surface area is 491 Å².